The number of thioether (sulfide) groups is 1. The summed E-state index contributed by atoms with van der Waals surface area (Å²) in [5.41, 5.74) is 1.45. The summed E-state index contributed by atoms with van der Waals surface area (Å²) in [6, 6.07) is 8.42. The van der Waals surface area contributed by atoms with Gasteiger partial charge in [0.15, 0.2) is 0 Å². The van der Waals surface area contributed by atoms with Crippen molar-refractivity contribution < 1.29 is 4.74 Å². The van der Waals surface area contributed by atoms with E-state index in [2.05, 4.69) is 12.1 Å². The predicted molar refractivity (Wildman–Crippen MR) is 53.1 cm³/mol. The molecule has 2 rings (SSSR count). The van der Waals surface area contributed by atoms with Crippen LogP contribution in [-0.4, -0.2) is 18.6 Å². The molecule has 0 N–H and O–H groups in total. The summed E-state index contributed by atoms with van der Waals surface area (Å²) in [7, 11) is 1.70. The molecule has 1 fully saturated rings. The summed E-state index contributed by atoms with van der Waals surface area (Å²) >= 11 is 2.02. The maximum Gasteiger partial charge on any atom is 0.118 e. The van der Waals surface area contributed by atoms with Gasteiger partial charge in [0.05, 0.1) is 7.11 Å². The molecule has 0 aliphatic carbocycles. The van der Waals surface area contributed by atoms with E-state index < -0.39 is 0 Å². The van der Waals surface area contributed by atoms with Gasteiger partial charge in [-0.25, -0.2) is 0 Å². The molecule has 1 heterocycles. The first kappa shape index (κ1) is 7.99. The van der Waals surface area contributed by atoms with Crippen molar-refractivity contribution in [3.63, 3.8) is 0 Å². The lowest BCUT2D eigenvalue weighted by Gasteiger charge is -2.25. The van der Waals surface area contributed by atoms with E-state index in [1.54, 1.807) is 7.11 Å². The van der Waals surface area contributed by atoms with Crippen molar-refractivity contribution in [2.75, 3.05) is 18.6 Å². The topological polar surface area (TPSA) is 9.23 Å². The molecule has 0 spiro atoms. The second kappa shape index (κ2) is 3.40. The zero-order valence-corrected chi connectivity index (χ0v) is 7.93. The molecule has 0 unspecified atom stereocenters. The zero-order chi connectivity index (χ0) is 8.39. The van der Waals surface area contributed by atoms with Gasteiger partial charge in [-0.2, -0.15) is 11.8 Å². The molecule has 0 radical (unpaired) electrons. The highest BCUT2D eigenvalue weighted by atomic mass is 32.2. The Morgan fingerprint density at radius 2 is 1.92 bits per heavy atom. The second-order valence-electron chi connectivity index (χ2n) is 3.01. The van der Waals surface area contributed by atoms with Gasteiger partial charge in [-0.15, -0.1) is 0 Å². The zero-order valence-electron chi connectivity index (χ0n) is 7.12. The van der Waals surface area contributed by atoms with E-state index in [1.807, 2.05) is 23.9 Å². The number of benzene rings is 1. The molecule has 1 saturated heterocycles. The Kier molecular flexibility index (Phi) is 2.26. The Balaban J connectivity index is 2.13. The third-order valence-corrected chi connectivity index (χ3v) is 3.50. The predicted octanol–water partition coefficient (Wildman–Crippen LogP) is 2.53. The summed E-state index contributed by atoms with van der Waals surface area (Å²) in [4.78, 5) is 0. The molecular weight excluding hydrogens is 168 g/mol. The summed E-state index contributed by atoms with van der Waals surface area (Å²) in [6.45, 7) is 0. The van der Waals surface area contributed by atoms with E-state index in [1.165, 1.54) is 17.1 Å². The van der Waals surface area contributed by atoms with Crippen LogP contribution in [0.25, 0.3) is 0 Å². The van der Waals surface area contributed by atoms with Crippen LogP contribution < -0.4 is 4.74 Å². The molecule has 1 aliphatic rings. The first-order chi connectivity index (χ1) is 5.90. The smallest absolute Gasteiger partial charge is 0.118 e. The van der Waals surface area contributed by atoms with Crippen LogP contribution >= 0.6 is 11.8 Å². The molecule has 0 aromatic heterocycles. The summed E-state index contributed by atoms with van der Waals surface area (Å²) in [5.74, 6) is 4.31. The van der Waals surface area contributed by atoms with E-state index >= 15 is 0 Å². The molecule has 2 heteroatoms. The van der Waals surface area contributed by atoms with Crippen LogP contribution in [0.3, 0.4) is 0 Å². The monoisotopic (exact) mass is 180 g/mol. The van der Waals surface area contributed by atoms with Crippen molar-refractivity contribution >= 4 is 11.8 Å². The van der Waals surface area contributed by atoms with Gasteiger partial charge >= 0.3 is 0 Å². The normalized spacial score (nSPS) is 17.1. The highest BCUT2D eigenvalue weighted by Crippen LogP contribution is 2.34. The summed E-state index contributed by atoms with van der Waals surface area (Å²) in [5, 5.41) is 0. The molecular formula is C10H12OS. The quantitative estimate of drug-likeness (QED) is 0.691. The van der Waals surface area contributed by atoms with Gasteiger partial charge in [0.2, 0.25) is 0 Å². The molecule has 1 aromatic carbocycles. The number of methoxy groups -OCH3 is 1. The molecule has 1 aromatic rings. The Bertz CT molecular complexity index is 251. The maximum atomic E-state index is 5.10. The van der Waals surface area contributed by atoms with E-state index in [0.29, 0.717) is 0 Å². The third-order valence-electron chi connectivity index (χ3n) is 2.23. The van der Waals surface area contributed by atoms with E-state index in [0.717, 1.165) is 11.7 Å². The Labute approximate surface area is 77.1 Å². The van der Waals surface area contributed by atoms with Crippen LogP contribution in [0, 0.1) is 0 Å². The van der Waals surface area contributed by atoms with Gasteiger partial charge in [-0.05, 0) is 17.7 Å². The van der Waals surface area contributed by atoms with Gasteiger partial charge in [0, 0.05) is 17.4 Å². The van der Waals surface area contributed by atoms with Crippen molar-refractivity contribution in [3.8, 4) is 5.75 Å². The van der Waals surface area contributed by atoms with Crippen molar-refractivity contribution in [3.05, 3.63) is 29.8 Å². The van der Waals surface area contributed by atoms with Gasteiger partial charge < -0.3 is 4.74 Å². The van der Waals surface area contributed by atoms with Crippen LogP contribution in [-0.2, 0) is 0 Å². The number of hydrogen-bond donors (Lipinski definition) is 0. The fourth-order valence-electron chi connectivity index (χ4n) is 1.30. The van der Waals surface area contributed by atoms with E-state index in [-0.39, 0.29) is 0 Å². The largest absolute Gasteiger partial charge is 0.497 e. The molecule has 12 heavy (non-hydrogen) atoms. The Hall–Kier alpha value is -0.630. The van der Waals surface area contributed by atoms with E-state index in [9.17, 15) is 0 Å². The van der Waals surface area contributed by atoms with Crippen molar-refractivity contribution in [1.29, 1.82) is 0 Å². The van der Waals surface area contributed by atoms with Gasteiger partial charge in [0.1, 0.15) is 5.75 Å². The highest BCUT2D eigenvalue weighted by molar-refractivity contribution is 8.00. The highest BCUT2D eigenvalue weighted by Gasteiger charge is 2.19. The SMILES string of the molecule is COc1ccc(C2CSC2)cc1. The number of hydrogen-bond acceptors (Lipinski definition) is 2. The molecule has 1 nitrogen and oxygen atoms in total. The first-order valence-electron chi connectivity index (χ1n) is 4.12. The summed E-state index contributed by atoms with van der Waals surface area (Å²) < 4.78 is 5.10. The minimum atomic E-state index is 0.793. The van der Waals surface area contributed by atoms with Crippen LogP contribution in [0.15, 0.2) is 24.3 Å². The Morgan fingerprint density at radius 1 is 1.25 bits per heavy atom. The fourth-order valence-corrected chi connectivity index (χ4v) is 2.16. The van der Waals surface area contributed by atoms with Crippen LogP contribution in [0.1, 0.15) is 11.5 Å². The van der Waals surface area contributed by atoms with Crippen molar-refractivity contribution in [2.45, 2.75) is 5.92 Å². The lowest BCUT2D eigenvalue weighted by Crippen LogP contribution is -2.14. The van der Waals surface area contributed by atoms with Crippen molar-refractivity contribution in [2.24, 2.45) is 0 Å². The molecule has 0 atom stereocenters. The molecule has 0 bridgehead atoms. The molecule has 0 amide bonds. The molecule has 0 saturated carbocycles. The fraction of sp³-hybridized carbons (Fsp3) is 0.400. The average Bonchev–Trinajstić information content (AvgIpc) is 2.03. The van der Waals surface area contributed by atoms with Gasteiger partial charge in [0.25, 0.3) is 0 Å². The number of ether oxygens (including phenoxy) is 1. The van der Waals surface area contributed by atoms with Crippen LogP contribution in [0.5, 0.6) is 5.75 Å². The van der Waals surface area contributed by atoms with Gasteiger partial charge in [-0.3, -0.25) is 0 Å². The van der Waals surface area contributed by atoms with Gasteiger partial charge in [-0.1, -0.05) is 12.1 Å². The lowest BCUT2D eigenvalue weighted by molar-refractivity contribution is 0.414. The lowest BCUT2D eigenvalue weighted by atomic mass is 10.0. The maximum absolute atomic E-state index is 5.10. The first-order valence-corrected chi connectivity index (χ1v) is 5.27. The Morgan fingerprint density at radius 3 is 2.33 bits per heavy atom. The minimum Gasteiger partial charge on any atom is -0.497 e. The third kappa shape index (κ3) is 1.44. The standard InChI is InChI=1S/C10H12OS/c1-11-10-4-2-8(3-5-10)9-6-12-7-9/h2-5,9H,6-7H2,1H3. The second-order valence-corrected chi connectivity index (χ2v) is 4.08. The number of rotatable bonds is 2. The minimum absolute atomic E-state index is 0.793. The van der Waals surface area contributed by atoms with E-state index in [4.69, 9.17) is 4.74 Å². The van der Waals surface area contributed by atoms with Crippen LogP contribution in [0.4, 0.5) is 0 Å². The van der Waals surface area contributed by atoms with Crippen molar-refractivity contribution in [1.82, 2.24) is 0 Å². The summed E-state index contributed by atoms with van der Waals surface area (Å²) in [6.07, 6.45) is 0. The van der Waals surface area contributed by atoms with Crippen LogP contribution in [0.2, 0.25) is 0 Å². The molecule has 64 valence electrons. The average molecular weight is 180 g/mol. The molecule has 1 aliphatic heterocycles.